The van der Waals surface area contributed by atoms with E-state index >= 15 is 0 Å². The summed E-state index contributed by atoms with van der Waals surface area (Å²) in [6, 6.07) is 16.1. The van der Waals surface area contributed by atoms with E-state index in [9.17, 15) is 0 Å². The zero-order valence-corrected chi connectivity index (χ0v) is 16.5. The van der Waals surface area contributed by atoms with Gasteiger partial charge in [0.15, 0.2) is 0 Å². The topological polar surface area (TPSA) is 74.1 Å². The first-order chi connectivity index (χ1) is 14.3. The molecule has 0 aliphatic heterocycles. The standard InChI is InChI=1S/C22H23N5O2/c1-28-19-9-5-10-20(29-2)21(19)17-15-24-26-22(25-17)23-12-6-13-27-14-11-16-7-3-4-8-18(16)27/h3-5,7-11,14-15H,6,12-13H2,1-2H3,(H,23,25,26). The Morgan fingerprint density at radius 2 is 1.76 bits per heavy atom. The predicted octanol–water partition coefficient (Wildman–Crippen LogP) is 4.01. The van der Waals surface area contributed by atoms with Crippen molar-refractivity contribution in [1.29, 1.82) is 0 Å². The number of aromatic nitrogens is 4. The van der Waals surface area contributed by atoms with Crippen LogP contribution in [0.4, 0.5) is 5.95 Å². The molecule has 0 radical (unpaired) electrons. The fraction of sp³-hybridized carbons (Fsp3) is 0.227. The molecule has 0 aliphatic rings. The van der Waals surface area contributed by atoms with E-state index in [2.05, 4.69) is 61.6 Å². The highest BCUT2D eigenvalue weighted by atomic mass is 16.5. The summed E-state index contributed by atoms with van der Waals surface area (Å²) < 4.78 is 13.2. The summed E-state index contributed by atoms with van der Waals surface area (Å²) in [5.74, 6) is 1.83. The van der Waals surface area contributed by atoms with Crippen molar-refractivity contribution in [2.75, 3.05) is 26.1 Å². The number of para-hydroxylation sites is 1. The number of ether oxygens (including phenoxy) is 2. The molecule has 1 N–H and O–H groups in total. The number of methoxy groups -OCH3 is 2. The van der Waals surface area contributed by atoms with Crippen molar-refractivity contribution in [3.8, 4) is 22.8 Å². The van der Waals surface area contributed by atoms with Crippen LogP contribution in [0.1, 0.15) is 6.42 Å². The normalized spacial score (nSPS) is 10.8. The first-order valence-electron chi connectivity index (χ1n) is 9.49. The quantitative estimate of drug-likeness (QED) is 0.459. The van der Waals surface area contributed by atoms with E-state index in [4.69, 9.17) is 9.47 Å². The maximum absolute atomic E-state index is 5.47. The number of benzene rings is 2. The Bertz CT molecular complexity index is 1090. The Labute approximate surface area is 169 Å². The molecule has 2 aromatic carbocycles. The number of nitrogens with one attached hydrogen (secondary N) is 1. The molecule has 4 rings (SSSR count). The molecule has 0 fully saturated rings. The average Bonchev–Trinajstić information content (AvgIpc) is 3.19. The summed E-state index contributed by atoms with van der Waals surface area (Å²) in [5.41, 5.74) is 2.65. The summed E-state index contributed by atoms with van der Waals surface area (Å²) in [6.07, 6.45) is 4.67. The van der Waals surface area contributed by atoms with Gasteiger partial charge in [0.1, 0.15) is 17.2 Å². The van der Waals surface area contributed by atoms with Crippen LogP contribution >= 0.6 is 0 Å². The summed E-state index contributed by atoms with van der Waals surface area (Å²) in [5, 5.41) is 12.7. The molecule has 0 bridgehead atoms. The lowest BCUT2D eigenvalue weighted by Gasteiger charge is -2.13. The average molecular weight is 389 g/mol. The molecule has 0 saturated carbocycles. The van der Waals surface area contributed by atoms with Crippen LogP contribution in [0.25, 0.3) is 22.2 Å². The zero-order chi connectivity index (χ0) is 20.1. The Morgan fingerprint density at radius 3 is 2.55 bits per heavy atom. The van der Waals surface area contributed by atoms with E-state index in [1.165, 1.54) is 10.9 Å². The molecule has 0 saturated heterocycles. The lowest BCUT2D eigenvalue weighted by molar-refractivity contribution is 0.397. The Balaban J connectivity index is 1.44. The number of anilines is 1. The van der Waals surface area contributed by atoms with Gasteiger partial charge in [0.2, 0.25) is 5.95 Å². The van der Waals surface area contributed by atoms with Gasteiger partial charge in [-0.25, -0.2) is 4.98 Å². The molecule has 7 heteroatoms. The molecule has 4 aromatic rings. The van der Waals surface area contributed by atoms with Gasteiger partial charge in [-0.05, 0) is 36.1 Å². The first kappa shape index (κ1) is 18.7. The van der Waals surface area contributed by atoms with Crippen LogP contribution in [0.2, 0.25) is 0 Å². The lowest BCUT2D eigenvalue weighted by atomic mass is 10.1. The van der Waals surface area contributed by atoms with Crippen molar-refractivity contribution < 1.29 is 9.47 Å². The number of fused-ring (bicyclic) bond motifs is 1. The predicted molar refractivity (Wildman–Crippen MR) is 113 cm³/mol. The monoisotopic (exact) mass is 389 g/mol. The molecule has 29 heavy (non-hydrogen) atoms. The first-order valence-corrected chi connectivity index (χ1v) is 9.49. The third-order valence-corrected chi connectivity index (χ3v) is 4.78. The number of rotatable bonds is 8. The highest BCUT2D eigenvalue weighted by molar-refractivity contribution is 5.79. The summed E-state index contributed by atoms with van der Waals surface area (Å²) in [7, 11) is 3.24. The second kappa shape index (κ2) is 8.60. The minimum Gasteiger partial charge on any atom is -0.496 e. The molecule has 7 nitrogen and oxygen atoms in total. The van der Waals surface area contributed by atoms with Crippen LogP contribution in [0.15, 0.2) is 60.9 Å². The highest BCUT2D eigenvalue weighted by Gasteiger charge is 2.15. The summed E-state index contributed by atoms with van der Waals surface area (Å²) in [6.45, 7) is 1.65. The van der Waals surface area contributed by atoms with Crippen molar-refractivity contribution in [1.82, 2.24) is 19.7 Å². The second-order valence-electron chi connectivity index (χ2n) is 6.55. The van der Waals surface area contributed by atoms with Crippen molar-refractivity contribution in [2.24, 2.45) is 0 Å². The van der Waals surface area contributed by atoms with Gasteiger partial charge in [-0.1, -0.05) is 24.3 Å². The SMILES string of the molecule is COc1cccc(OC)c1-c1cnnc(NCCCn2ccc3ccccc32)n1. The molecular weight excluding hydrogens is 366 g/mol. The third kappa shape index (κ3) is 3.99. The minimum absolute atomic E-state index is 0.479. The number of hydrogen-bond donors (Lipinski definition) is 1. The summed E-state index contributed by atoms with van der Waals surface area (Å²) in [4.78, 5) is 4.59. The van der Waals surface area contributed by atoms with E-state index in [1.54, 1.807) is 20.4 Å². The van der Waals surface area contributed by atoms with E-state index in [0.717, 1.165) is 25.1 Å². The van der Waals surface area contributed by atoms with E-state index in [1.807, 2.05) is 18.2 Å². The molecule has 0 atom stereocenters. The van der Waals surface area contributed by atoms with E-state index in [0.29, 0.717) is 23.1 Å². The molecule has 148 valence electrons. The van der Waals surface area contributed by atoms with Crippen LogP contribution < -0.4 is 14.8 Å². The van der Waals surface area contributed by atoms with Gasteiger partial charge in [-0.2, -0.15) is 5.10 Å². The van der Waals surface area contributed by atoms with Gasteiger partial charge in [0.05, 0.1) is 26.0 Å². The fourth-order valence-corrected chi connectivity index (χ4v) is 3.39. The van der Waals surface area contributed by atoms with Crippen LogP contribution in [-0.2, 0) is 6.54 Å². The maximum Gasteiger partial charge on any atom is 0.243 e. The smallest absolute Gasteiger partial charge is 0.243 e. The second-order valence-corrected chi connectivity index (χ2v) is 6.55. The summed E-state index contributed by atoms with van der Waals surface area (Å²) >= 11 is 0. The van der Waals surface area contributed by atoms with Gasteiger partial charge < -0.3 is 19.4 Å². The van der Waals surface area contributed by atoms with Crippen LogP contribution in [0.5, 0.6) is 11.5 Å². The number of aryl methyl sites for hydroxylation is 1. The van der Waals surface area contributed by atoms with Crippen LogP contribution in [0.3, 0.4) is 0 Å². The van der Waals surface area contributed by atoms with Gasteiger partial charge in [0.25, 0.3) is 0 Å². The largest absolute Gasteiger partial charge is 0.496 e. The molecule has 0 unspecified atom stereocenters. The van der Waals surface area contributed by atoms with Crippen LogP contribution in [0, 0.1) is 0 Å². The molecule has 0 aliphatic carbocycles. The molecule has 0 amide bonds. The molecular formula is C22H23N5O2. The number of nitrogens with zero attached hydrogens (tertiary/aromatic N) is 4. The van der Waals surface area contributed by atoms with Gasteiger partial charge in [0, 0.05) is 24.8 Å². The molecule has 2 aromatic heterocycles. The number of hydrogen-bond acceptors (Lipinski definition) is 6. The van der Waals surface area contributed by atoms with Gasteiger partial charge in [-0.3, -0.25) is 0 Å². The van der Waals surface area contributed by atoms with Gasteiger partial charge >= 0.3 is 0 Å². The zero-order valence-electron chi connectivity index (χ0n) is 16.5. The maximum atomic E-state index is 5.47. The van der Waals surface area contributed by atoms with Crippen molar-refractivity contribution >= 4 is 16.9 Å². The Morgan fingerprint density at radius 1 is 0.966 bits per heavy atom. The van der Waals surface area contributed by atoms with Gasteiger partial charge in [-0.15, -0.1) is 5.10 Å². The van der Waals surface area contributed by atoms with Crippen molar-refractivity contribution in [3.05, 3.63) is 60.9 Å². The minimum atomic E-state index is 0.479. The Kier molecular flexibility index (Phi) is 5.56. The fourth-order valence-electron chi connectivity index (χ4n) is 3.39. The highest BCUT2D eigenvalue weighted by Crippen LogP contribution is 2.36. The third-order valence-electron chi connectivity index (χ3n) is 4.78. The molecule has 0 spiro atoms. The van der Waals surface area contributed by atoms with Crippen molar-refractivity contribution in [2.45, 2.75) is 13.0 Å². The van der Waals surface area contributed by atoms with E-state index in [-0.39, 0.29) is 0 Å². The molecule has 2 heterocycles. The van der Waals surface area contributed by atoms with Crippen LogP contribution in [-0.4, -0.2) is 40.5 Å². The van der Waals surface area contributed by atoms with E-state index < -0.39 is 0 Å². The lowest BCUT2D eigenvalue weighted by Crippen LogP contribution is -2.09. The Hall–Kier alpha value is -3.61. The van der Waals surface area contributed by atoms with Crippen molar-refractivity contribution in [3.63, 3.8) is 0 Å².